The second kappa shape index (κ2) is 8.55. The Morgan fingerprint density at radius 1 is 1.13 bits per heavy atom. The Labute approximate surface area is 179 Å². The molecule has 1 aromatic carbocycles. The maximum Gasteiger partial charge on any atom is 0.247 e. The van der Waals surface area contributed by atoms with Crippen molar-refractivity contribution >= 4 is 16.4 Å². The number of benzene rings is 1. The van der Waals surface area contributed by atoms with E-state index < -0.39 is 5.82 Å². The van der Waals surface area contributed by atoms with Gasteiger partial charge in [-0.2, -0.15) is 10.1 Å². The maximum atomic E-state index is 14.8. The number of piperidine rings is 1. The molecule has 7 nitrogen and oxygen atoms in total. The minimum absolute atomic E-state index is 0.122. The number of hydrogen-bond donors (Lipinski definition) is 1. The summed E-state index contributed by atoms with van der Waals surface area (Å²) in [5.41, 5.74) is 2.26. The van der Waals surface area contributed by atoms with Crippen LogP contribution in [-0.2, 0) is 0 Å². The zero-order valence-corrected chi connectivity index (χ0v) is 17.6. The van der Waals surface area contributed by atoms with E-state index in [2.05, 4.69) is 20.0 Å². The van der Waals surface area contributed by atoms with Crippen molar-refractivity contribution in [3.8, 4) is 17.4 Å². The predicted molar refractivity (Wildman–Crippen MR) is 116 cm³/mol. The highest BCUT2D eigenvalue weighted by atomic mass is 19.1. The van der Waals surface area contributed by atoms with Gasteiger partial charge in [-0.1, -0.05) is 6.42 Å². The molecule has 1 aliphatic heterocycles. The van der Waals surface area contributed by atoms with E-state index in [0.29, 0.717) is 23.4 Å². The molecular formula is C23H26FN5O2. The van der Waals surface area contributed by atoms with Crippen molar-refractivity contribution in [1.29, 1.82) is 0 Å². The van der Waals surface area contributed by atoms with Gasteiger partial charge in [-0.15, -0.1) is 0 Å². The summed E-state index contributed by atoms with van der Waals surface area (Å²) < 4.78 is 28.4. The molecule has 0 radical (unpaired) electrons. The molecule has 3 aromatic heterocycles. The van der Waals surface area contributed by atoms with E-state index in [4.69, 9.17) is 9.47 Å². The minimum atomic E-state index is -0.422. The molecule has 0 spiro atoms. The number of ether oxygens (including phenoxy) is 2. The monoisotopic (exact) mass is 423 g/mol. The molecule has 31 heavy (non-hydrogen) atoms. The van der Waals surface area contributed by atoms with Crippen LogP contribution in [0.25, 0.3) is 16.4 Å². The van der Waals surface area contributed by atoms with Gasteiger partial charge in [0.1, 0.15) is 17.6 Å². The number of halogens is 1. The molecule has 162 valence electrons. The molecule has 0 amide bonds. The Balaban J connectivity index is 1.32. The van der Waals surface area contributed by atoms with Crippen LogP contribution in [0, 0.1) is 12.7 Å². The van der Waals surface area contributed by atoms with E-state index in [1.807, 2.05) is 13.1 Å². The number of H-pyrrole nitrogens is 1. The van der Waals surface area contributed by atoms with E-state index in [1.165, 1.54) is 38.7 Å². The van der Waals surface area contributed by atoms with Crippen LogP contribution in [0.3, 0.4) is 0 Å². The first kappa shape index (κ1) is 19.8. The lowest BCUT2D eigenvalue weighted by atomic mass is 10.1. The van der Waals surface area contributed by atoms with E-state index in [9.17, 15) is 4.39 Å². The van der Waals surface area contributed by atoms with Gasteiger partial charge in [-0.3, -0.25) is 0 Å². The fourth-order valence-electron chi connectivity index (χ4n) is 4.24. The molecule has 4 heterocycles. The molecule has 1 aliphatic rings. The fourth-order valence-corrected chi connectivity index (χ4v) is 4.24. The Kier molecular flexibility index (Phi) is 5.46. The molecule has 8 heteroatoms. The molecule has 1 fully saturated rings. The van der Waals surface area contributed by atoms with Crippen LogP contribution in [-0.4, -0.2) is 50.7 Å². The molecule has 0 saturated carbocycles. The third kappa shape index (κ3) is 3.95. The summed E-state index contributed by atoms with van der Waals surface area (Å²) in [7, 11) is 0. The van der Waals surface area contributed by atoms with Crippen molar-refractivity contribution in [3.05, 3.63) is 48.3 Å². The van der Waals surface area contributed by atoms with E-state index in [1.54, 1.807) is 28.9 Å². The third-order valence-corrected chi connectivity index (χ3v) is 5.91. The van der Waals surface area contributed by atoms with Gasteiger partial charge in [-0.05, 0) is 57.5 Å². The van der Waals surface area contributed by atoms with Crippen molar-refractivity contribution in [2.75, 3.05) is 26.2 Å². The number of hydrogen-bond acceptors (Lipinski definition) is 5. The van der Waals surface area contributed by atoms with Gasteiger partial charge in [0.25, 0.3) is 0 Å². The summed E-state index contributed by atoms with van der Waals surface area (Å²) in [4.78, 5) is 9.75. The lowest BCUT2D eigenvalue weighted by Gasteiger charge is -2.26. The van der Waals surface area contributed by atoms with Gasteiger partial charge in [0.05, 0.1) is 12.8 Å². The number of likely N-dealkylation sites (tertiary alicyclic amines) is 1. The Morgan fingerprint density at radius 3 is 2.87 bits per heavy atom. The van der Waals surface area contributed by atoms with Gasteiger partial charge in [0.15, 0.2) is 11.6 Å². The summed E-state index contributed by atoms with van der Waals surface area (Å²) in [5, 5.41) is 4.75. The zero-order chi connectivity index (χ0) is 21.2. The molecule has 5 rings (SSSR count). The van der Waals surface area contributed by atoms with Gasteiger partial charge >= 0.3 is 0 Å². The molecular weight excluding hydrogens is 397 g/mol. The topological polar surface area (TPSA) is 67.7 Å². The summed E-state index contributed by atoms with van der Waals surface area (Å²) >= 11 is 0. The first-order valence-corrected chi connectivity index (χ1v) is 10.8. The highest BCUT2D eigenvalue weighted by Gasteiger charge is 2.18. The molecule has 4 aromatic rings. The molecule has 0 unspecified atom stereocenters. The van der Waals surface area contributed by atoms with E-state index >= 15 is 0 Å². The Hall–Kier alpha value is -3.13. The van der Waals surface area contributed by atoms with Crippen LogP contribution in [0.15, 0.2) is 36.9 Å². The molecule has 0 aliphatic carbocycles. The zero-order valence-electron chi connectivity index (χ0n) is 17.6. The van der Waals surface area contributed by atoms with Crippen molar-refractivity contribution in [2.45, 2.75) is 32.6 Å². The molecule has 1 N–H and O–H groups in total. The molecule has 1 saturated heterocycles. The van der Waals surface area contributed by atoms with Crippen LogP contribution < -0.4 is 9.47 Å². The van der Waals surface area contributed by atoms with Crippen molar-refractivity contribution in [3.63, 3.8) is 0 Å². The average molecular weight is 423 g/mol. The largest absolute Gasteiger partial charge is 0.492 e. The first-order valence-electron chi connectivity index (χ1n) is 10.8. The van der Waals surface area contributed by atoms with Crippen molar-refractivity contribution < 1.29 is 13.9 Å². The fraction of sp³-hybridized carbons (Fsp3) is 0.391. The van der Waals surface area contributed by atoms with E-state index in [0.717, 1.165) is 29.8 Å². The van der Waals surface area contributed by atoms with E-state index in [-0.39, 0.29) is 5.75 Å². The second-order valence-electron chi connectivity index (χ2n) is 8.00. The Bertz CT molecular complexity index is 1200. The number of aryl methyl sites for hydroxylation is 1. The highest BCUT2D eigenvalue weighted by molar-refractivity contribution is 5.82. The number of nitrogens with one attached hydrogen (secondary N) is 1. The second-order valence-corrected chi connectivity index (χ2v) is 8.00. The average Bonchev–Trinajstić information content (AvgIpc) is 3.40. The van der Waals surface area contributed by atoms with Crippen LogP contribution in [0.4, 0.5) is 4.39 Å². The standard InChI is InChI=1S/C23H26FN5O2/c1-16-20(30-13-5-12-28-10-3-2-4-11-28)14-29-22(16)23(26-15-27-29)31-19-7-6-18-17(21(19)24)8-9-25-18/h6-9,14-15,25H,2-5,10-13H2,1H3. The summed E-state index contributed by atoms with van der Waals surface area (Å²) in [6.07, 6.45) is 9.83. The number of aromatic nitrogens is 4. The normalized spacial score (nSPS) is 15.0. The quantitative estimate of drug-likeness (QED) is 0.436. The SMILES string of the molecule is Cc1c(OCCCN2CCCCC2)cn2ncnc(Oc3ccc4[nH]ccc4c3F)c12. The van der Waals surface area contributed by atoms with Crippen LogP contribution in [0.1, 0.15) is 31.2 Å². The lowest BCUT2D eigenvalue weighted by molar-refractivity contribution is 0.204. The van der Waals surface area contributed by atoms with Gasteiger partial charge in [-0.25, -0.2) is 8.91 Å². The predicted octanol–water partition coefficient (Wildman–Crippen LogP) is 4.71. The number of fused-ring (bicyclic) bond motifs is 2. The maximum absolute atomic E-state index is 14.8. The van der Waals surface area contributed by atoms with Crippen LogP contribution in [0.2, 0.25) is 0 Å². The van der Waals surface area contributed by atoms with Crippen LogP contribution in [0.5, 0.6) is 17.4 Å². The summed E-state index contributed by atoms with van der Waals surface area (Å²) in [6.45, 7) is 6.02. The third-order valence-electron chi connectivity index (χ3n) is 5.91. The smallest absolute Gasteiger partial charge is 0.247 e. The summed E-state index contributed by atoms with van der Waals surface area (Å²) in [6, 6.07) is 5.07. The van der Waals surface area contributed by atoms with Gasteiger partial charge in [0.2, 0.25) is 5.88 Å². The lowest BCUT2D eigenvalue weighted by Crippen LogP contribution is -2.31. The number of rotatable bonds is 7. The highest BCUT2D eigenvalue weighted by Crippen LogP contribution is 2.34. The Morgan fingerprint density at radius 2 is 2.00 bits per heavy atom. The minimum Gasteiger partial charge on any atom is -0.492 e. The molecule has 0 bridgehead atoms. The van der Waals surface area contributed by atoms with Gasteiger partial charge in [0, 0.05) is 29.2 Å². The van der Waals surface area contributed by atoms with Gasteiger partial charge < -0.3 is 19.4 Å². The number of nitrogens with zero attached hydrogens (tertiary/aromatic N) is 4. The first-order chi connectivity index (χ1) is 15.2. The van der Waals surface area contributed by atoms with Crippen LogP contribution >= 0.6 is 0 Å². The van der Waals surface area contributed by atoms with Crippen molar-refractivity contribution in [1.82, 2.24) is 24.5 Å². The number of aromatic amines is 1. The van der Waals surface area contributed by atoms with Crippen molar-refractivity contribution in [2.24, 2.45) is 0 Å². The molecule has 0 atom stereocenters. The summed E-state index contributed by atoms with van der Waals surface area (Å²) in [5.74, 6) is 0.737.